The first kappa shape index (κ1) is 14.7. The van der Waals surface area contributed by atoms with Crippen LogP contribution in [0.2, 0.25) is 0 Å². The smallest absolute Gasteiger partial charge is 0.0760 e. The monoisotopic (exact) mass is 239 g/mol. The van der Waals surface area contributed by atoms with Gasteiger partial charge in [0.2, 0.25) is 0 Å². The van der Waals surface area contributed by atoms with Gasteiger partial charge in [0.25, 0.3) is 0 Å². The van der Waals surface area contributed by atoms with E-state index in [1.54, 1.807) is 0 Å². The highest BCUT2D eigenvalue weighted by molar-refractivity contribution is 5.05. The number of hydrogen-bond acceptors (Lipinski definition) is 2. The highest BCUT2D eigenvalue weighted by Gasteiger charge is 2.42. The van der Waals surface area contributed by atoms with Crippen molar-refractivity contribution in [2.24, 2.45) is 5.92 Å². The van der Waals surface area contributed by atoms with Crippen LogP contribution in [0.1, 0.15) is 52.4 Å². The lowest BCUT2D eigenvalue weighted by atomic mass is 9.72. The first-order chi connectivity index (χ1) is 7.92. The summed E-state index contributed by atoms with van der Waals surface area (Å²) in [6.07, 6.45) is 6.14. The molecular formula is C15H29NO. The van der Waals surface area contributed by atoms with E-state index in [-0.39, 0.29) is 11.6 Å². The average Bonchev–Trinajstić information content (AvgIpc) is 2.29. The van der Waals surface area contributed by atoms with Crippen molar-refractivity contribution in [2.75, 3.05) is 14.1 Å². The third kappa shape index (κ3) is 3.32. The lowest BCUT2D eigenvalue weighted by Crippen LogP contribution is -2.55. The van der Waals surface area contributed by atoms with E-state index in [9.17, 15) is 5.11 Å². The molecule has 0 aromatic heterocycles. The number of likely N-dealkylation sites (N-methyl/N-ethyl adjacent to an activating group) is 1. The van der Waals surface area contributed by atoms with Gasteiger partial charge in [0.05, 0.1) is 6.10 Å². The van der Waals surface area contributed by atoms with Crippen LogP contribution in [0.5, 0.6) is 0 Å². The summed E-state index contributed by atoms with van der Waals surface area (Å²) in [6, 6.07) is 0. The van der Waals surface area contributed by atoms with Gasteiger partial charge in [-0.05, 0) is 58.5 Å². The van der Waals surface area contributed by atoms with Gasteiger partial charge in [0.1, 0.15) is 0 Å². The van der Waals surface area contributed by atoms with Gasteiger partial charge in [0, 0.05) is 5.54 Å². The molecule has 0 aromatic rings. The molecule has 1 unspecified atom stereocenters. The van der Waals surface area contributed by atoms with Crippen LogP contribution in [0.3, 0.4) is 0 Å². The number of hydrogen-bond donors (Lipinski definition) is 1. The van der Waals surface area contributed by atoms with Crippen LogP contribution in [0.4, 0.5) is 0 Å². The van der Waals surface area contributed by atoms with Gasteiger partial charge in [-0.15, -0.1) is 0 Å². The third-order valence-corrected chi connectivity index (χ3v) is 4.63. The maximum absolute atomic E-state index is 10.6. The van der Waals surface area contributed by atoms with Gasteiger partial charge >= 0.3 is 0 Å². The molecule has 1 atom stereocenters. The van der Waals surface area contributed by atoms with Gasteiger partial charge in [-0.1, -0.05) is 26.0 Å². The maximum Gasteiger partial charge on any atom is 0.0760 e. The summed E-state index contributed by atoms with van der Waals surface area (Å²) in [6.45, 7) is 8.46. The Labute approximate surface area is 107 Å². The summed E-state index contributed by atoms with van der Waals surface area (Å²) in [5.41, 5.74) is 1.14. The Bertz CT molecular complexity index is 252. The summed E-state index contributed by atoms with van der Waals surface area (Å²) in [5.74, 6) is 0.810. The largest absolute Gasteiger partial charge is 0.391 e. The van der Waals surface area contributed by atoms with E-state index in [1.165, 1.54) is 12.8 Å². The standard InChI is InChI=1S/C15H29NO/c1-6-12(2)11-14(17)15(16(4)5)9-7-13(3)8-10-15/h13-14,17H,2,6-11H2,1,3-5H3. The molecule has 0 amide bonds. The van der Waals surface area contributed by atoms with Crippen LogP contribution in [0.25, 0.3) is 0 Å². The second-order valence-corrected chi connectivity index (χ2v) is 6.00. The third-order valence-electron chi connectivity index (χ3n) is 4.63. The molecule has 0 heterocycles. The average molecular weight is 239 g/mol. The van der Waals surface area contributed by atoms with Crippen LogP contribution in [0.15, 0.2) is 12.2 Å². The fourth-order valence-corrected chi connectivity index (χ4v) is 2.95. The van der Waals surface area contributed by atoms with Gasteiger partial charge in [-0.2, -0.15) is 0 Å². The molecule has 1 aliphatic rings. The predicted molar refractivity (Wildman–Crippen MR) is 74.1 cm³/mol. The number of rotatable bonds is 5. The molecule has 17 heavy (non-hydrogen) atoms. The van der Waals surface area contributed by atoms with Crippen LogP contribution >= 0.6 is 0 Å². The van der Waals surface area contributed by atoms with Gasteiger partial charge < -0.3 is 10.0 Å². The SMILES string of the molecule is C=C(CC)CC(O)C1(N(C)C)CCC(C)CC1. The normalized spacial score (nSPS) is 31.5. The molecule has 1 saturated carbocycles. The first-order valence-corrected chi connectivity index (χ1v) is 6.94. The highest BCUT2D eigenvalue weighted by Crippen LogP contribution is 2.39. The Hall–Kier alpha value is -0.340. The summed E-state index contributed by atoms with van der Waals surface area (Å²) >= 11 is 0. The fraction of sp³-hybridized carbons (Fsp3) is 0.867. The highest BCUT2D eigenvalue weighted by atomic mass is 16.3. The molecule has 2 nitrogen and oxygen atoms in total. The molecule has 0 bridgehead atoms. The van der Waals surface area contributed by atoms with Gasteiger partial charge in [0.15, 0.2) is 0 Å². The maximum atomic E-state index is 10.6. The Morgan fingerprint density at radius 1 is 1.41 bits per heavy atom. The van der Waals surface area contributed by atoms with Crippen LogP contribution in [-0.4, -0.2) is 35.7 Å². The van der Waals surface area contributed by atoms with Crippen LogP contribution in [-0.2, 0) is 0 Å². The van der Waals surface area contributed by atoms with E-state index in [1.807, 2.05) is 0 Å². The molecule has 0 spiro atoms. The van der Waals surface area contributed by atoms with Crippen LogP contribution < -0.4 is 0 Å². The molecule has 1 aliphatic carbocycles. The summed E-state index contributed by atoms with van der Waals surface area (Å²) in [4.78, 5) is 2.24. The summed E-state index contributed by atoms with van der Waals surface area (Å²) in [5, 5.41) is 10.6. The second-order valence-electron chi connectivity index (χ2n) is 6.00. The van der Waals surface area contributed by atoms with E-state index < -0.39 is 0 Å². The van der Waals surface area contributed by atoms with Crippen molar-refractivity contribution in [3.63, 3.8) is 0 Å². The predicted octanol–water partition coefficient (Wildman–Crippen LogP) is 3.21. The zero-order chi connectivity index (χ0) is 13.1. The quantitative estimate of drug-likeness (QED) is 0.745. The van der Waals surface area contributed by atoms with Crippen molar-refractivity contribution >= 4 is 0 Å². The molecule has 0 saturated heterocycles. The molecule has 100 valence electrons. The molecule has 0 aliphatic heterocycles. The van der Waals surface area contributed by atoms with E-state index in [0.29, 0.717) is 0 Å². The number of nitrogens with zero attached hydrogens (tertiary/aromatic N) is 1. The van der Waals surface area contributed by atoms with Crippen molar-refractivity contribution < 1.29 is 5.11 Å². The van der Waals surface area contributed by atoms with Crippen molar-refractivity contribution in [3.05, 3.63) is 12.2 Å². The Kier molecular flexibility index (Phi) is 5.21. The summed E-state index contributed by atoms with van der Waals surface area (Å²) < 4.78 is 0. The van der Waals surface area contributed by atoms with Gasteiger partial charge in [-0.25, -0.2) is 0 Å². The zero-order valence-electron chi connectivity index (χ0n) is 12.0. The molecule has 0 aromatic carbocycles. The van der Waals surface area contributed by atoms with E-state index in [4.69, 9.17) is 0 Å². The molecule has 1 N–H and O–H groups in total. The molecule has 1 rings (SSSR count). The van der Waals surface area contributed by atoms with E-state index in [2.05, 4.69) is 39.4 Å². The fourth-order valence-electron chi connectivity index (χ4n) is 2.95. The lowest BCUT2D eigenvalue weighted by Gasteiger charge is -2.48. The van der Waals surface area contributed by atoms with Crippen molar-refractivity contribution in [2.45, 2.75) is 64.0 Å². The minimum atomic E-state index is -0.266. The van der Waals surface area contributed by atoms with Gasteiger partial charge in [-0.3, -0.25) is 0 Å². The molecule has 1 fully saturated rings. The Balaban J connectivity index is 2.74. The van der Waals surface area contributed by atoms with Crippen molar-refractivity contribution in [1.82, 2.24) is 4.90 Å². The minimum absolute atomic E-state index is 0.0232. The minimum Gasteiger partial charge on any atom is -0.391 e. The lowest BCUT2D eigenvalue weighted by molar-refractivity contribution is -0.0383. The molecular weight excluding hydrogens is 210 g/mol. The molecule has 2 heteroatoms. The zero-order valence-corrected chi connectivity index (χ0v) is 12.0. The summed E-state index contributed by atoms with van der Waals surface area (Å²) in [7, 11) is 4.21. The van der Waals surface area contributed by atoms with E-state index in [0.717, 1.165) is 37.2 Å². The Morgan fingerprint density at radius 2 is 1.94 bits per heavy atom. The number of aliphatic hydroxyl groups is 1. The first-order valence-electron chi connectivity index (χ1n) is 6.94. The Morgan fingerprint density at radius 3 is 2.35 bits per heavy atom. The van der Waals surface area contributed by atoms with Crippen molar-refractivity contribution in [1.29, 1.82) is 0 Å². The van der Waals surface area contributed by atoms with Crippen molar-refractivity contribution in [3.8, 4) is 0 Å². The topological polar surface area (TPSA) is 23.5 Å². The van der Waals surface area contributed by atoms with Crippen LogP contribution in [0, 0.1) is 5.92 Å². The second kappa shape index (κ2) is 6.01. The molecule has 0 radical (unpaired) electrons. The number of aliphatic hydroxyl groups excluding tert-OH is 1. The van der Waals surface area contributed by atoms with E-state index >= 15 is 0 Å².